The number of nitriles is 1. The van der Waals surface area contributed by atoms with Crippen LogP contribution in [0.25, 0.3) is 0 Å². The molecule has 0 radical (unpaired) electrons. The van der Waals surface area contributed by atoms with Crippen LogP contribution in [0.2, 0.25) is 0 Å². The molecule has 0 aliphatic rings. The highest BCUT2D eigenvalue weighted by Crippen LogP contribution is 2.36. The Labute approximate surface area is 125 Å². The van der Waals surface area contributed by atoms with E-state index in [9.17, 15) is 4.79 Å². The molecule has 0 saturated carbocycles. The van der Waals surface area contributed by atoms with E-state index >= 15 is 0 Å². The van der Waals surface area contributed by atoms with Crippen LogP contribution in [0.3, 0.4) is 0 Å². The van der Waals surface area contributed by atoms with Crippen molar-refractivity contribution in [3.8, 4) is 6.07 Å². The highest BCUT2D eigenvalue weighted by atomic mass is 32.2. The van der Waals surface area contributed by atoms with E-state index in [1.54, 1.807) is 6.07 Å². The number of carboxylic acids is 1. The Balaban J connectivity index is 2.32. The Morgan fingerprint density at radius 3 is 2.90 bits per heavy atom. The lowest BCUT2D eigenvalue weighted by atomic mass is 10.1. The van der Waals surface area contributed by atoms with Gasteiger partial charge in [0.1, 0.15) is 6.07 Å². The Bertz CT molecular complexity index is 702. The fourth-order valence-electron chi connectivity index (χ4n) is 1.71. The van der Waals surface area contributed by atoms with E-state index in [0.717, 1.165) is 25.4 Å². The second kappa shape index (κ2) is 6.07. The number of thiazole rings is 1. The average molecular weight is 304 g/mol. The van der Waals surface area contributed by atoms with Crippen LogP contribution in [0.15, 0.2) is 27.4 Å². The fraction of sp³-hybridized carbons (Fsp3) is 0.214. The maximum atomic E-state index is 10.8. The second-order valence-electron chi connectivity index (χ2n) is 4.22. The van der Waals surface area contributed by atoms with E-state index in [4.69, 9.17) is 10.4 Å². The maximum Gasteiger partial charge on any atom is 0.308 e. The second-order valence-corrected chi connectivity index (χ2v) is 6.57. The van der Waals surface area contributed by atoms with Crippen molar-refractivity contribution >= 4 is 29.1 Å². The standard InChI is InChI=1S/C14H12N2O2S2/c1-8-4-3-5-10(7-15)13(8)20-14-16-9(2)11(19-14)6-12(17)18/h3-5H,6H2,1-2H3,(H,17,18). The molecule has 2 rings (SSSR count). The van der Waals surface area contributed by atoms with Gasteiger partial charge in [0.05, 0.1) is 17.7 Å². The molecule has 0 aliphatic heterocycles. The summed E-state index contributed by atoms with van der Waals surface area (Å²) in [6, 6.07) is 7.74. The third-order valence-corrected chi connectivity index (χ3v) is 5.17. The normalized spacial score (nSPS) is 10.2. The molecule has 1 heterocycles. The summed E-state index contributed by atoms with van der Waals surface area (Å²) < 4.78 is 0.768. The van der Waals surface area contributed by atoms with Crippen molar-refractivity contribution in [1.82, 2.24) is 4.98 Å². The summed E-state index contributed by atoms with van der Waals surface area (Å²) >= 11 is 2.79. The molecule has 0 amide bonds. The van der Waals surface area contributed by atoms with Gasteiger partial charge in [-0.3, -0.25) is 4.79 Å². The molecule has 0 atom stereocenters. The summed E-state index contributed by atoms with van der Waals surface area (Å²) in [6.45, 7) is 3.75. The van der Waals surface area contributed by atoms with E-state index in [-0.39, 0.29) is 6.42 Å². The number of carbonyl (C=O) groups is 1. The van der Waals surface area contributed by atoms with Gasteiger partial charge in [0.15, 0.2) is 4.34 Å². The quantitative estimate of drug-likeness (QED) is 0.937. The predicted molar refractivity (Wildman–Crippen MR) is 78.2 cm³/mol. The van der Waals surface area contributed by atoms with Crippen molar-refractivity contribution in [1.29, 1.82) is 5.26 Å². The molecule has 1 aromatic heterocycles. The molecule has 0 aliphatic carbocycles. The lowest BCUT2D eigenvalue weighted by Crippen LogP contribution is -1.99. The van der Waals surface area contributed by atoms with Gasteiger partial charge in [-0.1, -0.05) is 23.9 Å². The minimum Gasteiger partial charge on any atom is -0.481 e. The Morgan fingerprint density at radius 1 is 1.50 bits per heavy atom. The molecule has 0 unspecified atom stereocenters. The summed E-state index contributed by atoms with van der Waals surface area (Å²) in [7, 11) is 0. The van der Waals surface area contributed by atoms with Crippen LogP contribution in [0.5, 0.6) is 0 Å². The van der Waals surface area contributed by atoms with Crippen molar-refractivity contribution in [2.24, 2.45) is 0 Å². The number of hydrogen-bond donors (Lipinski definition) is 1. The van der Waals surface area contributed by atoms with E-state index in [2.05, 4.69) is 11.1 Å². The minimum atomic E-state index is -0.859. The first kappa shape index (κ1) is 14.6. The maximum absolute atomic E-state index is 10.8. The summed E-state index contributed by atoms with van der Waals surface area (Å²) in [6.07, 6.45) is -0.0110. The fourth-order valence-corrected chi connectivity index (χ4v) is 4.02. The highest BCUT2D eigenvalue weighted by Gasteiger charge is 2.14. The number of aromatic nitrogens is 1. The average Bonchev–Trinajstić information content (AvgIpc) is 2.71. The van der Waals surface area contributed by atoms with Gasteiger partial charge in [-0.05, 0) is 25.5 Å². The topological polar surface area (TPSA) is 74.0 Å². The predicted octanol–water partition coefficient (Wildman–Crippen LogP) is 3.41. The van der Waals surface area contributed by atoms with Gasteiger partial charge in [0.25, 0.3) is 0 Å². The highest BCUT2D eigenvalue weighted by molar-refractivity contribution is 8.01. The van der Waals surface area contributed by atoms with E-state index in [0.29, 0.717) is 5.56 Å². The zero-order valence-corrected chi connectivity index (χ0v) is 12.6. The Kier molecular flexibility index (Phi) is 4.42. The Morgan fingerprint density at radius 2 is 2.25 bits per heavy atom. The molecule has 1 N–H and O–H groups in total. The van der Waals surface area contributed by atoms with Gasteiger partial charge in [0.2, 0.25) is 0 Å². The largest absolute Gasteiger partial charge is 0.481 e. The number of rotatable bonds is 4. The van der Waals surface area contributed by atoms with Crippen molar-refractivity contribution in [2.75, 3.05) is 0 Å². The molecule has 0 fully saturated rings. The summed E-state index contributed by atoms with van der Waals surface area (Å²) in [5.74, 6) is -0.859. The van der Waals surface area contributed by atoms with E-state index in [1.807, 2.05) is 26.0 Å². The molecule has 1 aromatic carbocycles. The molecule has 4 nitrogen and oxygen atoms in total. The van der Waals surface area contributed by atoms with Crippen molar-refractivity contribution < 1.29 is 9.90 Å². The third kappa shape index (κ3) is 3.18. The summed E-state index contributed by atoms with van der Waals surface area (Å²) in [5, 5.41) is 18.0. The van der Waals surface area contributed by atoms with Gasteiger partial charge in [-0.2, -0.15) is 5.26 Å². The molecule has 0 bridgehead atoms. The monoisotopic (exact) mass is 304 g/mol. The first-order valence-corrected chi connectivity index (χ1v) is 7.50. The lowest BCUT2D eigenvalue weighted by molar-refractivity contribution is -0.136. The number of nitrogens with zero attached hydrogens (tertiary/aromatic N) is 2. The lowest BCUT2D eigenvalue weighted by Gasteiger charge is -2.04. The molecule has 20 heavy (non-hydrogen) atoms. The van der Waals surface area contributed by atoms with Crippen molar-refractivity contribution in [3.63, 3.8) is 0 Å². The molecule has 6 heteroatoms. The number of benzene rings is 1. The summed E-state index contributed by atoms with van der Waals surface area (Å²) in [5.41, 5.74) is 2.37. The smallest absolute Gasteiger partial charge is 0.308 e. The van der Waals surface area contributed by atoms with Crippen LogP contribution in [-0.2, 0) is 11.2 Å². The third-order valence-electron chi connectivity index (χ3n) is 2.71. The van der Waals surface area contributed by atoms with E-state index < -0.39 is 5.97 Å². The number of hydrogen-bond acceptors (Lipinski definition) is 5. The van der Waals surface area contributed by atoms with Crippen LogP contribution in [0, 0.1) is 25.2 Å². The van der Waals surface area contributed by atoms with Gasteiger partial charge in [-0.25, -0.2) is 4.98 Å². The zero-order chi connectivity index (χ0) is 14.7. The first-order valence-electron chi connectivity index (χ1n) is 5.87. The molecule has 2 aromatic rings. The number of aryl methyl sites for hydroxylation is 2. The molecule has 0 saturated heterocycles. The van der Waals surface area contributed by atoms with Crippen LogP contribution in [0.1, 0.15) is 21.7 Å². The molecular weight excluding hydrogens is 292 g/mol. The first-order chi connectivity index (χ1) is 9.51. The van der Waals surface area contributed by atoms with Crippen molar-refractivity contribution in [2.45, 2.75) is 29.5 Å². The van der Waals surface area contributed by atoms with Gasteiger partial charge >= 0.3 is 5.97 Å². The van der Waals surface area contributed by atoms with Crippen LogP contribution in [0.4, 0.5) is 0 Å². The van der Waals surface area contributed by atoms with Crippen LogP contribution < -0.4 is 0 Å². The SMILES string of the molecule is Cc1cccc(C#N)c1Sc1nc(C)c(CC(=O)O)s1. The summed E-state index contributed by atoms with van der Waals surface area (Å²) in [4.78, 5) is 16.8. The van der Waals surface area contributed by atoms with E-state index in [1.165, 1.54) is 23.1 Å². The van der Waals surface area contributed by atoms with Crippen LogP contribution >= 0.6 is 23.1 Å². The Hall–Kier alpha value is -1.84. The molecular formula is C14H12N2O2S2. The van der Waals surface area contributed by atoms with Gasteiger partial charge in [0, 0.05) is 9.77 Å². The number of aliphatic carboxylic acids is 1. The van der Waals surface area contributed by atoms with Crippen LogP contribution in [-0.4, -0.2) is 16.1 Å². The molecule has 102 valence electrons. The minimum absolute atomic E-state index is 0.0110. The molecule has 0 spiro atoms. The zero-order valence-electron chi connectivity index (χ0n) is 11.0. The van der Waals surface area contributed by atoms with Gasteiger partial charge < -0.3 is 5.11 Å². The van der Waals surface area contributed by atoms with Crippen molar-refractivity contribution in [3.05, 3.63) is 39.9 Å². The number of carboxylic acid groups (broad SMARTS) is 1. The van der Waals surface area contributed by atoms with Gasteiger partial charge in [-0.15, -0.1) is 11.3 Å².